The lowest BCUT2D eigenvalue weighted by molar-refractivity contribution is -0.157. The molecule has 130 valence electrons. The number of rotatable bonds is 5. The van der Waals surface area contributed by atoms with E-state index in [1.807, 2.05) is 37.3 Å². The highest BCUT2D eigenvalue weighted by molar-refractivity contribution is 5.82. The molecule has 0 fully saturated rings. The molecule has 3 rings (SSSR count). The molecular weight excluding hydrogens is 322 g/mol. The highest BCUT2D eigenvalue weighted by Gasteiger charge is 2.29. The summed E-state index contributed by atoms with van der Waals surface area (Å²) in [6.07, 6.45) is -0.875. The maximum absolute atomic E-state index is 12.0. The first kappa shape index (κ1) is 16.8. The van der Waals surface area contributed by atoms with Crippen LogP contribution >= 0.6 is 0 Å². The molecule has 0 saturated heterocycles. The normalized spacial score (nSPS) is 15.3. The van der Waals surface area contributed by atoms with E-state index >= 15 is 0 Å². The quantitative estimate of drug-likeness (QED) is 0.842. The first-order chi connectivity index (χ1) is 12.1. The minimum Gasteiger partial charge on any atom is -0.485 e. The van der Waals surface area contributed by atoms with Gasteiger partial charge in [-0.1, -0.05) is 42.0 Å². The van der Waals surface area contributed by atoms with E-state index in [9.17, 15) is 9.59 Å². The van der Waals surface area contributed by atoms with Gasteiger partial charge in [0.1, 0.15) is 6.61 Å². The van der Waals surface area contributed by atoms with E-state index in [-0.39, 0.29) is 19.1 Å². The molecule has 1 N–H and O–H groups in total. The van der Waals surface area contributed by atoms with Gasteiger partial charge >= 0.3 is 5.97 Å². The van der Waals surface area contributed by atoms with E-state index in [1.165, 1.54) is 0 Å². The third-order valence-electron chi connectivity index (χ3n) is 3.73. The molecule has 6 nitrogen and oxygen atoms in total. The first-order valence-electron chi connectivity index (χ1n) is 7.99. The topological polar surface area (TPSA) is 73.9 Å². The fourth-order valence-corrected chi connectivity index (χ4v) is 2.32. The van der Waals surface area contributed by atoms with E-state index < -0.39 is 12.1 Å². The fourth-order valence-electron chi connectivity index (χ4n) is 2.32. The number of carbonyl (C=O) groups is 2. The van der Waals surface area contributed by atoms with Crippen molar-refractivity contribution in [2.45, 2.75) is 19.6 Å². The van der Waals surface area contributed by atoms with Crippen molar-refractivity contribution >= 4 is 11.9 Å². The molecule has 0 saturated carbocycles. The third kappa shape index (κ3) is 4.50. The Kier molecular flexibility index (Phi) is 5.18. The first-order valence-corrected chi connectivity index (χ1v) is 7.99. The maximum Gasteiger partial charge on any atom is 0.351 e. The molecule has 0 radical (unpaired) electrons. The van der Waals surface area contributed by atoms with E-state index in [0.29, 0.717) is 18.0 Å². The van der Waals surface area contributed by atoms with Crippen molar-refractivity contribution in [2.75, 3.05) is 13.2 Å². The van der Waals surface area contributed by atoms with Crippen molar-refractivity contribution in [3.63, 3.8) is 0 Å². The Morgan fingerprint density at radius 1 is 1.12 bits per heavy atom. The van der Waals surface area contributed by atoms with Crippen molar-refractivity contribution in [2.24, 2.45) is 0 Å². The Bertz CT molecular complexity index is 757. The summed E-state index contributed by atoms with van der Waals surface area (Å²) >= 11 is 0. The lowest BCUT2D eigenvalue weighted by atomic mass is 10.1. The summed E-state index contributed by atoms with van der Waals surface area (Å²) in [4.78, 5) is 23.8. The summed E-state index contributed by atoms with van der Waals surface area (Å²) in [5.41, 5.74) is 2.13. The van der Waals surface area contributed by atoms with Gasteiger partial charge in [0.05, 0.1) is 0 Å². The molecule has 6 heteroatoms. The number of amides is 1. The minimum absolute atomic E-state index is 0.0564. The molecule has 2 aromatic carbocycles. The highest BCUT2D eigenvalue weighted by atomic mass is 16.6. The van der Waals surface area contributed by atoms with Gasteiger partial charge in [0, 0.05) is 6.54 Å². The number of benzene rings is 2. The lowest BCUT2D eigenvalue weighted by Crippen LogP contribution is -2.39. The van der Waals surface area contributed by atoms with Gasteiger partial charge in [0.2, 0.25) is 6.10 Å². The average molecular weight is 341 g/mol. The van der Waals surface area contributed by atoms with Gasteiger partial charge in [-0.05, 0) is 24.6 Å². The molecule has 0 spiro atoms. The molecule has 1 heterocycles. The van der Waals surface area contributed by atoms with Crippen molar-refractivity contribution in [1.29, 1.82) is 0 Å². The summed E-state index contributed by atoms with van der Waals surface area (Å²) in [5.74, 6) is 0.0768. The Labute approximate surface area is 145 Å². The standard InChI is InChI=1S/C19H19NO5/c1-13-6-8-14(9-7-13)10-20-18(21)12-24-19(22)17-11-23-15-4-2-3-5-16(15)25-17/h2-9,17H,10-12H2,1H3,(H,20,21)/t17-/m0/s1. The molecule has 1 aliphatic rings. The van der Waals surface area contributed by atoms with Crippen LogP contribution in [-0.4, -0.2) is 31.2 Å². The predicted molar refractivity (Wildman–Crippen MR) is 90.3 cm³/mol. The van der Waals surface area contributed by atoms with Crippen molar-refractivity contribution in [3.8, 4) is 11.5 Å². The number of hydrogen-bond acceptors (Lipinski definition) is 5. The number of ether oxygens (including phenoxy) is 3. The zero-order valence-corrected chi connectivity index (χ0v) is 13.9. The summed E-state index contributed by atoms with van der Waals surface area (Å²) < 4.78 is 16.0. The number of fused-ring (bicyclic) bond motifs is 1. The van der Waals surface area contributed by atoms with E-state index in [1.54, 1.807) is 18.2 Å². The zero-order valence-electron chi connectivity index (χ0n) is 13.9. The smallest absolute Gasteiger partial charge is 0.351 e. The van der Waals surface area contributed by atoms with Crippen molar-refractivity contribution < 1.29 is 23.8 Å². The Morgan fingerprint density at radius 2 is 1.84 bits per heavy atom. The van der Waals surface area contributed by atoms with Crippen LogP contribution in [0.2, 0.25) is 0 Å². The third-order valence-corrected chi connectivity index (χ3v) is 3.73. The summed E-state index contributed by atoms with van der Waals surface area (Å²) in [7, 11) is 0. The fraction of sp³-hybridized carbons (Fsp3) is 0.263. The molecular formula is C19H19NO5. The van der Waals surface area contributed by atoms with Gasteiger partial charge in [-0.2, -0.15) is 0 Å². The van der Waals surface area contributed by atoms with Gasteiger partial charge in [-0.15, -0.1) is 0 Å². The zero-order chi connectivity index (χ0) is 17.6. The van der Waals surface area contributed by atoms with Crippen LogP contribution in [0.3, 0.4) is 0 Å². The molecule has 0 bridgehead atoms. The summed E-state index contributed by atoms with van der Waals surface area (Å²) in [6.45, 7) is 2.08. The van der Waals surface area contributed by atoms with Crippen LogP contribution in [0.5, 0.6) is 11.5 Å². The molecule has 1 amide bonds. The predicted octanol–water partition coefficient (Wildman–Crippen LogP) is 1.99. The maximum atomic E-state index is 12.0. The average Bonchev–Trinajstić information content (AvgIpc) is 2.65. The Balaban J connectivity index is 1.43. The van der Waals surface area contributed by atoms with Gasteiger partial charge in [-0.25, -0.2) is 4.79 Å². The second-order valence-electron chi connectivity index (χ2n) is 5.73. The van der Waals surface area contributed by atoms with Gasteiger partial charge in [0.15, 0.2) is 18.1 Å². The van der Waals surface area contributed by atoms with E-state index in [2.05, 4.69) is 5.32 Å². The number of carbonyl (C=O) groups excluding carboxylic acids is 2. The van der Waals surface area contributed by atoms with Crippen molar-refractivity contribution in [1.82, 2.24) is 5.32 Å². The number of aryl methyl sites for hydroxylation is 1. The Morgan fingerprint density at radius 3 is 2.60 bits per heavy atom. The number of nitrogens with one attached hydrogen (secondary N) is 1. The molecule has 0 aliphatic carbocycles. The number of para-hydroxylation sites is 2. The van der Waals surface area contributed by atoms with E-state index in [0.717, 1.165) is 11.1 Å². The van der Waals surface area contributed by atoms with Crippen LogP contribution in [0.25, 0.3) is 0 Å². The van der Waals surface area contributed by atoms with Crippen LogP contribution in [0.15, 0.2) is 48.5 Å². The molecule has 2 aromatic rings. The van der Waals surface area contributed by atoms with Crippen molar-refractivity contribution in [3.05, 3.63) is 59.7 Å². The van der Waals surface area contributed by atoms with Gasteiger partial charge < -0.3 is 19.5 Å². The second kappa shape index (κ2) is 7.70. The monoisotopic (exact) mass is 341 g/mol. The Hall–Kier alpha value is -3.02. The molecule has 1 aliphatic heterocycles. The van der Waals surface area contributed by atoms with Crippen LogP contribution in [-0.2, 0) is 20.9 Å². The van der Waals surface area contributed by atoms with Gasteiger partial charge in [0.25, 0.3) is 5.91 Å². The lowest BCUT2D eigenvalue weighted by Gasteiger charge is -2.24. The molecule has 25 heavy (non-hydrogen) atoms. The van der Waals surface area contributed by atoms with Crippen LogP contribution in [0.4, 0.5) is 0 Å². The largest absolute Gasteiger partial charge is 0.485 e. The number of esters is 1. The molecule has 1 atom stereocenters. The number of hydrogen-bond donors (Lipinski definition) is 1. The second-order valence-corrected chi connectivity index (χ2v) is 5.73. The van der Waals surface area contributed by atoms with Crippen LogP contribution in [0, 0.1) is 6.92 Å². The summed E-state index contributed by atoms with van der Waals surface area (Å²) in [5, 5.41) is 2.70. The van der Waals surface area contributed by atoms with Crippen LogP contribution < -0.4 is 14.8 Å². The summed E-state index contributed by atoms with van der Waals surface area (Å²) in [6, 6.07) is 14.9. The minimum atomic E-state index is -0.875. The van der Waals surface area contributed by atoms with Crippen LogP contribution in [0.1, 0.15) is 11.1 Å². The van der Waals surface area contributed by atoms with Gasteiger partial charge in [-0.3, -0.25) is 4.79 Å². The molecule has 0 unspecified atom stereocenters. The van der Waals surface area contributed by atoms with E-state index in [4.69, 9.17) is 14.2 Å². The molecule has 0 aromatic heterocycles. The SMILES string of the molecule is Cc1ccc(CNC(=O)COC(=O)[C@@H]2COc3ccccc3O2)cc1. The highest BCUT2D eigenvalue weighted by Crippen LogP contribution is 2.31.